The first-order valence-corrected chi connectivity index (χ1v) is 11.2. The van der Waals surface area contributed by atoms with Crippen LogP contribution in [0.2, 0.25) is 0 Å². The first-order chi connectivity index (χ1) is 17.6. The summed E-state index contributed by atoms with van der Waals surface area (Å²) in [7, 11) is 4.79. The van der Waals surface area contributed by atoms with Crippen LogP contribution < -0.4 is 9.47 Å². The van der Waals surface area contributed by atoms with Gasteiger partial charge >= 0.3 is 11.9 Å². The molecule has 0 atom stereocenters. The van der Waals surface area contributed by atoms with Gasteiger partial charge in [-0.05, 0) is 18.4 Å². The Morgan fingerprint density at radius 1 is 0.757 bits per heavy atom. The maximum atomic E-state index is 12.5. The number of methoxy groups -OCH3 is 4. The van der Waals surface area contributed by atoms with Crippen LogP contribution >= 0.6 is 0 Å². The number of hydrogen-bond donors (Lipinski definition) is 0. The van der Waals surface area contributed by atoms with Crippen molar-refractivity contribution in [1.29, 1.82) is 0 Å². The number of esters is 2. The van der Waals surface area contributed by atoms with Crippen molar-refractivity contribution in [2.24, 2.45) is 0 Å². The molecule has 37 heavy (non-hydrogen) atoms. The molecule has 0 unspecified atom stereocenters. The van der Waals surface area contributed by atoms with Crippen molar-refractivity contribution in [1.82, 2.24) is 0 Å². The van der Waals surface area contributed by atoms with Crippen LogP contribution in [0.25, 0.3) is 5.57 Å². The van der Waals surface area contributed by atoms with Crippen molar-refractivity contribution < 1.29 is 38.4 Å². The topological polar surface area (TPSA) is 157 Å². The average Bonchev–Trinajstić information content (AvgIpc) is 2.90. The van der Waals surface area contributed by atoms with Crippen molar-refractivity contribution in [3.63, 3.8) is 0 Å². The van der Waals surface area contributed by atoms with Crippen molar-refractivity contribution in [3.05, 3.63) is 72.8 Å². The van der Waals surface area contributed by atoms with Gasteiger partial charge in [0.15, 0.2) is 0 Å². The Morgan fingerprint density at radius 3 is 1.49 bits per heavy atom. The summed E-state index contributed by atoms with van der Waals surface area (Å²) in [6.45, 7) is 2.02. The van der Waals surface area contributed by atoms with Crippen LogP contribution in [0.5, 0.6) is 11.5 Å². The Kier molecular flexibility index (Phi) is 10.1. The van der Waals surface area contributed by atoms with Crippen LogP contribution in [0.1, 0.15) is 64.4 Å². The third-order valence-corrected chi connectivity index (χ3v) is 5.52. The van der Waals surface area contributed by atoms with Crippen LogP contribution in [0, 0.1) is 20.2 Å². The normalized spacial score (nSPS) is 10.3. The van der Waals surface area contributed by atoms with Crippen LogP contribution in [0.15, 0.2) is 30.3 Å². The fourth-order valence-corrected chi connectivity index (χ4v) is 3.81. The second-order valence-corrected chi connectivity index (χ2v) is 7.76. The number of nitro benzene ring substituents is 2. The molecule has 0 spiro atoms. The molecule has 0 fully saturated rings. The number of nitro groups is 2. The summed E-state index contributed by atoms with van der Waals surface area (Å²) in [4.78, 5) is 47.1. The molecule has 0 aliphatic carbocycles. The van der Waals surface area contributed by atoms with E-state index in [1.807, 2.05) is 6.92 Å². The predicted octanol–water partition coefficient (Wildman–Crippen LogP) is 5.11. The van der Waals surface area contributed by atoms with Gasteiger partial charge in [-0.15, -0.1) is 0 Å². The van der Waals surface area contributed by atoms with Gasteiger partial charge in [-0.2, -0.15) is 0 Å². The van der Waals surface area contributed by atoms with E-state index in [9.17, 15) is 29.8 Å². The van der Waals surface area contributed by atoms with Gasteiger partial charge in [-0.25, -0.2) is 9.59 Å². The van der Waals surface area contributed by atoms with Gasteiger partial charge < -0.3 is 18.9 Å². The van der Waals surface area contributed by atoms with Crippen LogP contribution in [-0.4, -0.2) is 50.2 Å². The van der Waals surface area contributed by atoms with Gasteiger partial charge in [0.05, 0.1) is 38.3 Å². The molecule has 12 heteroatoms. The molecule has 0 aromatic heterocycles. The van der Waals surface area contributed by atoms with Gasteiger partial charge in [0.25, 0.3) is 11.4 Å². The van der Waals surface area contributed by atoms with E-state index < -0.39 is 33.2 Å². The largest absolute Gasteiger partial charge is 0.495 e. The van der Waals surface area contributed by atoms with Crippen LogP contribution in [0.3, 0.4) is 0 Å². The summed E-state index contributed by atoms with van der Waals surface area (Å²) in [6.07, 6.45) is 4.72. The number of non-ortho nitro benzene ring substituents is 2. The maximum absolute atomic E-state index is 12.5. The molecule has 12 nitrogen and oxygen atoms in total. The average molecular weight is 517 g/mol. The third-order valence-electron chi connectivity index (χ3n) is 5.52. The van der Waals surface area contributed by atoms with Crippen LogP contribution in [-0.2, 0) is 9.47 Å². The first kappa shape index (κ1) is 28.8. The highest BCUT2D eigenvalue weighted by Gasteiger charge is 2.29. The van der Waals surface area contributed by atoms with E-state index in [4.69, 9.17) is 18.9 Å². The highest BCUT2D eigenvalue weighted by Crippen LogP contribution is 2.43. The number of carbonyl (C=O) groups is 2. The van der Waals surface area contributed by atoms with Gasteiger partial charge in [0.1, 0.15) is 22.6 Å². The molecule has 0 heterocycles. The Labute approximate surface area is 213 Å². The Morgan fingerprint density at radius 2 is 1.16 bits per heavy atom. The molecule has 2 aromatic rings. The molecule has 2 aromatic carbocycles. The lowest BCUT2D eigenvalue weighted by Gasteiger charge is -2.19. The van der Waals surface area contributed by atoms with E-state index in [1.165, 1.54) is 26.4 Å². The minimum atomic E-state index is -0.881. The monoisotopic (exact) mass is 516 g/mol. The van der Waals surface area contributed by atoms with Crippen molar-refractivity contribution >= 4 is 28.9 Å². The number of hydrogen-bond acceptors (Lipinski definition) is 10. The number of carbonyl (C=O) groups excluding carboxylic acids is 2. The molecule has 0 amide bonds. The fourth-order valence-electron chi connectivity index (χ4n) is 3.81. The van der Waals surface area contributed by atoms with Crippen molar-refractivity contribution in [3.8, 4) is 11.5 Å². The molecule has 0 bridgehead atoms. The van der Waals surface area contributed by atoms with E-state index in [2.05, 4.69) is 0 Å². The number of allylic oxidation sites excluding steroid dienone is 1. The summed E-state index contributed by atoms with van der Waals surface area (Å²) in [5.41, 5.74) is -0.905. The highest BCUT2D eigenvalue weighted by atomic mass is 16.6. The predicted molar refractivity (Wildman–Crippen MR) is 133 cm³/mol. The SMILES string of the molecule is CCCCCC=C(c1cc([N+](=O)[O-])cc(C(=O)OC)c1OC)c1cc([N+](=O)[O-])cc(C(=O)OC)c1OC. The Hall–Kier alpha value is -4.48. The minimum absolute atomic E-state index is 0.0487. The lowest BCUT2D eigenvalue weighted by Crippen LogP contribution is -2.10. The summed E-state index contributed by atoms with van der Waals surface area (Å²) in [5.74, 6) is -1.86. The number of unbranched alkanes of at least 4 members (excludes halogenated alkanes) is 3. The molecular formula is C25H28N2O10. The molecule has 0 saturated heterocycles. The molecule has 0 aliphatic rings. The summed E-state index contributed by atoms with van der Waals surface area (Å²) >= 11 is 0. The van der Waals surface area contributed by atoms with E-state index in [1.54, 1.807) is 6.08 Å². The molecule has 0 saturated carbocycles. The quantitative estimate of drug-likeness (QED) is 0.161. The molecule has 2 rings (SSSR count). The standard InChI is InChI=1S/C25H28N2O10/c1-6-7-8-9-10-17(18-11-15(26(30)31)13-20(22(18)34-2)24(28)36-4)19-12-16(27(32)33)14-21(23(19)35-3)25(29)37-5/h10-14H,6-9H2,1-5H3. The minimum Gasteiger partial charge on any atom is -0.495 e. The van der Waals surface area contributed by atoms with Gasteiger partial charge in [0, 0.05) is 35.4 Å². The zero-order valence-corrected chi connectivity index (χ0v) is 21.2. The third kappa shape index (κ3) is 6.40. The summed E-state index contributed by atoms with van der Waals surface area (Å²) in [6, 6.07) is 4.42. The Bertz CT molecular complexity index is 1150. The molecule has 198 valence electrons. The molecular weight excluding hydrogens is 488 g/mol. The van der Waals surface area contributed by atoms with Gasteiger partial charge in [0.2, 0.25) is 0 Å². The number of ether oxygens (including phenoxy) is 4. The van der Waals surface area contributed by atoms with Crippen LogP contribution in [0.4, 0.5) is 11.4 Å². The molecule has 0 radical (unpaired) electrons. The molecule has 0 N–H and O–H groups in total. The fraction of sp³-hybridized carbons (Fsp3) is 0.360. The first-order valence-electron chi connectivity index (χ1n) is 11.2. The van der Waals surface area contributed by atoms with Gasteiger partial charge in [-0.3, -0.25) is 20.2 Å². The Balaban J connectivity index is 3.06. The smallest absolute Gasteiger partial charge is 0.341 e. The van der Waals surface area contributed by atoms with E-state index in [0.29, 0.717) is 6.42 Å². The number of benzene rings is 2. The second-order valence-electron chi connectivity index (χ2n) is 7.76. The lowest BCUT2D eigenvalue weighted by atomic mass is 9.90. The molecule has 0 aliphatic heterocycles. The lowest BCUT2D eigenvalue weighted by molar-refractivity contribution is -0.385. The van der Waals surface area contributed by atoms with E-state index in [-0.39, 0.29) is 39.3 Å². The highest BCUT2D eigenvalue weighted by molar-refractivity contribution is 6.00. The number of rotatable bonds is 12. The van der Waals surface area contributed by atoms with Gasteiger partial charge in [-0.1, -0.05) is 25.8 Å². The summed E-state index contributed by atoms with van der Waals surface area (Å²) in [5, 5.41) is 23.5. The van der Waals surface area contributed by atoms with Crippen molar-refractivity contribution in [2.45, 2.75) is 32.6 Å². The van der Waals surface area contributed by atoms with Crippen molar-refractivity contribution in [2.75, 3.05) is 28.4 Å². The van der Waals surface area contributed by atoms with E-state index >= 15 is 0 Å². The van der Waals surface area contributed by atoms with E-state index in [0.717, 1.165) is 45.6 Å². The number of nitrogens with zero attached hydrogens (tertiary/aromatic N) is 2. The second kappa shape index (κ2) is 13.0. The summed E-state index contributed by atoms with van der Waals surface area (Å²) < 4.78 is 20.6. The zero-order valence-electron chi connectivity index (χ0n) is 21.2. The zero-order chi connectivity index (χ0) is 27.7. The maximum Gasteiger partial charge on any atom is 0.341 e.